The number of hydrogen-bond acceptors (Lipinski definition) is 4. The molecule has 30 heavy (non-hydrogen) atoms. The van der Waals surface area contributed by atoms with Gasteiger partial charge < -0.3 is 19.7 Å². The number of carbonyl (C=O) groups excluding carboxylic acids is 2. The molecule has 0 spiro atoms. The van der Waals surface area contributed by atoms with E-state index in [2.05, 4.69) is 5.32 Å². The predicted molar refractivity (Wildman–Crippen MR) is 118 cm³/mol. The number of nitrogens with one attached hydrogen (secondary N) is 1. The monoisotopic (exact) mass is 432 g/mol. The van der Waals surface area contributed by atoms with Crippen LogP contribution in [0.2, 0.25) is 5.02 Å². The smallest absolute Gasteiger partial charge is 0.261 e. The van der Waals surface area contributed by atoms with Crippen molar-refractivity contribution in [3.05, 3.63) is 59.1 Å². The Balaban J connectivity index is 2.16. The van der Waals surface area contributed by atoms with Crippen molar-refractivity contribution >= 4 is 23.4 Å². The predicted octanol–water partition coefficient (Wildman–Crippen LogP) is 4.06. The Labute approximate surface area is 183 Å². The molecular formula is C23H29ClN2O4. The van der Waals surface area contributed by atoms with Crippen LogP contribution in [-0.4, -0.2) is 42.0 Å². The van der Waals surface area contributed by atoms with Crippen LogP contribution < -0.4 is 14.8 Å². The van der Waals surface area contributed by atoms with E-state index in [-0.39, 0.29) is 25.0 Å². The minimum Gasteiger partial charge on any atom is -0.497 e. The Morgan fingerprint density at radius 1 is 1.07 bits per heavy atom. The molecule has 0 saturated heterocycles. The lowest BCUT2D eigenvalue weighted by atomic mass is 10.1. The molecule has 2 aromatic carbocycles. The average Bonchev–Trinajstić information content (AvgIpc) is 2.70. The van der Waals surface area contributed by atoms with Gasteiger partial charge in [0, 0.05) is 17.1 Å². The second-order valence-electron chi connectivity index (χ2n) is 7.99. The summed E-state index contributed by atoms with van der Waals surface area (Å²) in [6.45, 7) is 7.37. The Hall–Kier alpha value is -2.73. The fraction of sp³-hybridized carbons (Fsp3) is 0.391. The first kappa shape index (κ1) is 23.5. The number of methoxy groups -OCH3 is 1. The summed E-state index contributed by atoms with van der Waals surface area (Å²) in [5.74, 6) is 0.671. The molecule has 0 aliphatic rings. The molecule has 0 heterocycles. The number of benzene rings is 2. The van der Waals surface area contributed by atoms with Gasteiger partial charge in [0.05, 0.1) is 7.11 Å². The Morgan fingerprint density at radius 2 is 1.67 bits per heavy atom. The fourth-order valence-electron chi connectivity index (χ4n) is 2.77. The SMILES string of the molecule is COc1ccc(OCC(=O)N(Cc2ccccc2Cl)[C@H](C)C(=O)NC(C)(C)C)cc1. The van der Waals surface area contributed by atoms with E-state index in [0.717, 1.165) is 5.56 Å². The summed E-state index contributed by atoms with van der Waals surface area (Å²) in [7, 11) is 1.58. The maximum absolute atomic E-state index is 13.0. The highest BCUT2D eigenvalue weighted by Crippen LogP contribution is 2.20. The van der Waals surface area contributed by atoms with Crippen molar-refractivity contribution in [1.29, 1.82) is 0 Å². The molecule has 0 aliphatic heterocycles. The molecule has 0 aromatic heterocycles. The molecule has 6 nitrogen and oxygen atoms in total. The van der Waals surface area contributed by atoms with Crippen LogP contribution in [0.4, 0.5) is 0 Å². The maximum Gasteiger partial charge on any atom is 0.261 e. The zero-order chi connectivity index (χ0) is 22.3. The third-order valence-corrected chi connectivity index (χ3v) is 4.75. The lowest BCUT2D eigenvalue weighted by molar-refractivity contribution is -0.142. The average molecular weight is 433 g/mol. The standard InChI is InChI=1S/C23H29ClN2O4/c1-16(22(28)25-23(2,3)4)26(14-17-8-6-7-9-20(17)24)21(27)15-30-19-12-10-18(29-5)11-13-19/h6-13,16H,14-15H2,1-5H3,(H,25,28)/t16-/m1/s1. The number of halogens is 1. The second-order valence-corrected chi connectivity index (χ2v) is 8.40. The minimum atomic E-state index is -0.701. The van der Waals surface area contributed by atoms with Gasteiger partial charge >= 0.3 is 0 Å². The quantitative estimate of drug-likeness (QED) is 0.683. The maximum atomic E-state index is 13.0. The van der Waals surface area contributed by atoms with Gasteiger partial charge in [-0.05, 0) is 63.6 Å². The first-order chi connectivity index (χ1) is 14.1. The molecule has 162 valence electrons. The van der Waals surface area contributed by atoms with Gasteiger partial charge in [-0.1, -0.05) is 29.8 Å². The van der Waals surface area contributed by atoms with Crippen LogP contribution in [0.1, 0.15) is 33.3 Å². The van der Waals surface area contributed by atoms with E-state index in [9.17, 15) is 9.59 Å². The van der Waals surface area contributed by atoms with E-state index < -0.39 is 11.6 Å². The van der Waals surface area contributed by atoms with Crippen molar-refractivity contribution in [1.82, 2.24) is 10.2 Å². The van der Waals surface area contributed by atoms with Crippen LogP contribution in [0.5, 0.6) is 11.5 Å². The lowest BCUT2D eigenvalue weighted by Crippen LogP contribution is -2.53. The Bertz CT molecular complexity index is 862. The summed E-state index contributed by atoms with van der Waals surface area (Å²) < 4.78 is 10.8. The van der Waals surface area contributed by atoms with Gasteiger partial charge in [0.25, 0.3) is 5.91 Å². The van der Waals surface area contributed by atoms with Crippen molar-refractivity contribution in [2.75, 3.05) is 13.7 Å². The first-order valence-corrected chi connectivity index (χ1v) is 10.1. The molecule has 2 rings (SSSR count). The summed E-state index contributed by atoms with van der Waals surface area (Å²) in [5, 5.41) is 3.46. The lowest BCUT2D eigenvalue weighted by Gasteiger charge is -2.31. The molecule has 0 saturated carbocycles. The fourth-order valence-corrected chi connectivity index (χ4v) is 2.96. The van der Waals surface area contributed by atoms with Gasteiger partial charge in [-0.15, -0.1) is 0 Å². The first-order valence-electron chi connectivity index (χ1n) is 9.72. The largest absolute Gasteiger partial charge is 0.497 e. The van der Waals surface area contributed by atoms with Gasteiger partial charge in [-0.25, -0.2) is 0 Å². The van der Waals surface area contributed by atoms with E-state index in [1.807, 2.05) is 39.0 Å². The number of amides is 2. The van der Waals surface area contributed by atoms with Crippen LogP contribution in [0.3, 0.4) is 0 Å². The normalized spacial score (nSPS) is 12.1. The van der Waals surface area contributed by atoms with E-state index in [1.165, 1.54) is 4.90 Å². The molecule has 2 amide bonds. The van der Waals surface area contributed by atoms with Crippen molar-refractivity contribution < 1.29 is 19.1 Å². The summed E-state index contributed by atoms with van der Waals surface area (Å²) >= 11 is 6.28. The van der Waals surface area contributed by atoms with Crippen molar-refractivity contribution in [3.63, 3.8) is 0 Å². The zero-order valence-corrected chi connectivity index (χ0v) is 18.8. The Morgan fingerprint density at radius 3 is 2.23 bits per heavy atom. The van der Waals surface area contributed by atoms with Crippen LogP contribution in [-0.2, 0) is 16.1 Å². The van der Waals surface area contributed by atoms with Gasteiger partial charge in [0.2, 0.25) is 5.91 Å². The van der Waals surface area contributed by atoms with Crippen molar-refractivity contribution in [2.45, 2.75) is 45.8 Å². The third-order valence-electron chi connectivity index (χ3n) is 4.39. The van der Waals surface area contributed by atoms with E-state index >= 15 is 0 Å². The van der Waals surface area contributed by atoms with Crippen LogP contribution in [0.15, 0.2) is 48.5 Å². The van der Waals surface area contributed by atoms with Gasteiger partial charge in [-0.2, -0.15) is 0 Å². The summed E-state index contributed by atoms with van der Waals surface area (Å²) in [5.41, 5.74) is 0.344. The molecule has 0 bridgehead atoms. The van der Waals surface area contributed by atoms with Crippen LogP contribution in [0.25, 0.3) is 0 Å². The molecule has 2 aromatic rings. The highest BCUT2D eigenvalue weighted by Gasteiger charge is 2.29. The molecule has 1 N–H and O–H groups in total. The van der Waals surface area contributed by atoms with Gasteiger partial charge in [-0.3, -0.25) is 9.59 Å². The highest BCUT2D eigenvalue weighted by atomic mass is 35.5. The van der Waals surface area contributed by atoms with E-state index in [0.29, 0.717) is 16.5 Å². The highest BCUT2D eigenvalue weighted by molar-refractivity contribution is 6.31. The number of hydrogen-bond donors (Lipinski definition) is 1. The van der Waals surface area contributed by atoms with Crippen LogP contribution in [0, 0.1) is 0 Å². The van der Waals surface area contributed by atoms with Gasteiger partial charge in [0.1, 0.15) is 17.5 Å². The molecule has 0 radical (unpaired) electrons. The number of carbonyl (C=O) groups is 2. The van der Waals surface area contributed by atoms with Crippen molar-refractivity contribution in [2.24, 2.45) is 0 Å². The molecule has 0 unspecified atom stereocenters. The van der Waals surface area contributed by atoms with E-state index in [4.69, 9.17) is 21.1 Å². The molecular weight excluding hydrogens is 404 g/mol. The molecule has 0 fully saturated rings. The topological polar surface area (TPSA) is 67.9 Å². The summed E-state index contributed by atoms with van der Waals surface area (Å²) in [6.07, 6.45) is 0. The molecule has 0 aliphatic carbocycles. The van der Waals surface area contributed by atoms with Gasteiger partial charge in [0.15, 0.2) is 6.61 Å². The number of ether oxygens (including phenoxy) is 2. The number of rotatable bonds is 8. The Kier molecular flexibility index (Phi) is 8.12. The molecule has 1 atom stereocenters. The van der Waals surface area contributed by atoms with Crippen LogP contribution >= 0.6 is 11.6 Å². The minimum absolute atomic E-state index is 0.198. The number of nitrogens with zero attached hydrogens (tertiary/aromatic N) is 1. The van der Waals surface area contributed by atoms with E-state index in [1.54, 1.807) is 44.4 Å². The van der Waals surface area contributed by atoms with Crippen molar-refractivity contribution in [3.8, 4) is 11.5 Å². The zero-order valence-electron chi connectivity index (χ0n) is 18.1. The summed E-state index contributed by atoms with van der Waals surface area (Å²) in [4.78, 5) is 27.2. The second kappa shape index (κ2) is 10.3. The molecule has 7 heteroatoms. The third kappa shape index (κ3) is 6.95. The summed E-state index contributed by atoms with van der Waals surface area (Å²) in [6, 6.07) is 13.5.